The topological polar surface area (TPSA) is 99.5 Å². The lowest BCUT2D eigenvalue weighted by molar-refractivity contribution is -0.153. The molecule has 0 fully saturated rings. The number of fused-ring (bicyclic) bond motifs is 1. The number of ether oxygens (including phenoxy) is 1. The molecule has 164 valence electrons. The van der Waals surface area contributed by atoms with Gasteiger partial charge in [-0.25, -0.2) is 8.42 Å². The van der Waals surface area contributed by atoms with Crippen molar-refractivity contribution in [1.82, 2.24) is 0 Å². The van der Waals surface area contributed by atoms with E-state index in [1.807, 2.05) is 0 Å². The first-order valence-corrected chi connectivity index (χ1v) is 10.9. The van der Waals surface area contributed by atoms with E-state index in [9.17, 15) is 26.4 Å². The molecular formula is C20H18F3N3O4S. The molecule has 0 radical (unpaired) electrons. The van der Waals surface area contributed by atoms with Gasteiger partial charge in [0.25, 0.3) is 5.91 Å². The molecule has 0 aliphatic carbocycles. The quantitative estimate of drug-likeness (QED) is 0.748. The third-order valence-corrected chi connectivity index (χ3v) is 5.87. The zero-order valence-corrected chi connectivity index (χ0v) is 17.3. The summed E-state index contributed by atoms with van der Waals surface area (Å²) in [6, 6.07) is 9.81. The Kier molecular flexibility index (Phi) is 5.87. The van der Waals surface area contributed by atoms with Crippen molar-refractivity contribution in [3.8, 4) is 11.8 Å². The van der Waals surface area contributed by atoms with Gasteiger partial charge in [-0.1, -0.05) is 0 Å². The van der Waals surface area contributed by atoms with E-state index < -0.39 is 28.7 Å². The van der Waals surface area contributed by atoms with Crippen molar-refractivity contribution >= 4 is 27.3 Å². The average molecular weight is 453 g/mol. The summed E-state index contributed by atoms with van der Waals surface area (Å²) in [5, 5.41) is 11.7. The number of anilines is 2. The zero-order chi connectivity index (χ0) is 23.0. The lowest BCUT2D eigenvalue weighted by atomic mass is 10.1. The molecule has 1 aliphatic rings. The number of sulfonamides is 1. The maximum atomic E-state index is 12.6. The second-order valence-corrected chi connectivity index (χ2v) is 9.00. The first-order chi connectivity index (χ1) is 14.4. The number of amides is 1. The van der Waals surface area contributed by atoms with Crippen LogP contribution in [0.5, 0.6) is 5.75 Å². The number of carbonyl (C=O) groups is 1. The minimum atomic E-state index is -4.54. The molecule has 11 heteroatoms. The number of benzene rings is 2. The van der Waals surface area contributed by atoms with Gasteiger partial charge in [-0.2, -0.15) is 18.4 Å². The molecule has 3 rings (SSSR count). The Bertz CT molecular complexity index is 1170. The fourth-order valence-corrected chi connectivity index (χ4v) is 4.70. The summed E-state index contributed by atoms with van der Waals surface area (Å²) in [6.07, 6.45) is -2.97. The predicted octanol–water partition coefficient (Wildman–Crippen LogP) is 3.46. The number of hydrogen-bond donors (Lipinski definition) is 1. The summed E-state index contributed by atoms with van der Waals surface area (Å²) in [5.41, 5.74) is 1.54. The molecule has 0 bridgehead atoms. The average Bonchev–Trinajstić information content (AvgIpc) is 3.01. The number of alkyl halides is 3. The van der Waals surface area contributed by atoms with Crippen LogP contribution in [-0.2, 0) is 16.4 Å². The Morgan fingerprint density at radius 2 is 2.00 bits per heavy atom. The van der Waals surface area contributed by atoms with E-state index in [0.29, 0.717) is 17.7 Å². The highest BCUT2D eigenvalue weighted by Crippen LogP contribution is 2.35. The van der Waals surface area contributed by atoms with Crippen LogP contribution in [0.3, 0.4) is 0 Å². The number of carbonyl (C=O) groups excluding carboxylic acids is 1. The van der Waals surface area contributed by atoms with Crippen LogP contribution in [0, 0.1) is 11.3 Å². The maximum absolute atomic E-state index is 12.6. The smallest absolute Gasteiger partial charge is 0.422 e. The number of nitrogens with zero attached hydrogens (tertiary/aromatic N) is 2. The van der Waals surface area contributed by atoms with Gasteiger partial charge in [-0.3, -0.25) is 9.10 Å². The molecule has 1 amide bonds. The highest BCUT2D eigenvalue weighted by Gasteiger charge is 2.33. The van der Waals surface area contributed by atoms with Gasteiger partial charge in [0.15, 0.2) is 6.61 Å². The van der Waals surface area contributed by atoms with E-state index in [1.54, 1.807) is 25.1 Å². The number of halogens is 3. The van der Waals surface area contributed by atoms with Gasteiger partial charge in [0.1, 0.15) is 11.8 Å². The highest BCUT2D eigenvalue weighted by molar-refractivity contribution is 7.92. The van der Waals surface area contributed by atoms with Gasteiger partial charge in [-0.05, 0) is 55.3 Å². The zero-order valence-electron chi connectivity index (χ0n) is 16.5. The monoisotopic (exact) mass is 453 g/mol. The Balaban J connectivity index is 1.78. The second-order valence-electron chi connectivity index (χ2n) is 7.14. The van der Waals surface area contributed by atoms with Crippen molar-refractivity contribution in [1.29, 1.82) is 5.26 Å². The van der Waals surface area contributed by atoms with Crippen molar-refractivity contribution in [3.63, 3.8) is 0 Å². The van der Waals surface area contributed by atoms with Crippen molar-refractivity contribution in [2.24, 2.45) is 0 Å². The van der Waals surface area contributed by atoms with E-state index in [4.69, 9.17) is 5.26 Å². The summed E-state index contributed by atoms with van der Waals surface area (Å²) < 4.78 is 66.9. The van der Waals surface area contributed by atoms with Crippen molar-refractivity contribution in [3.05, 3.63) is 53.1 Å². The highest BCUT2D eigenvalue weighted by atomic mass is 32.2. The Morgan fingerprint density at radius 3 is 2.61 bits per heavy atom. The third kappa shape index (κ3) is 5.08. The van der Waals surface area contributed by atoms with E-state index in [2.05, 4.69) is 10.1 Å². The SMILES string of the molecule is CC1Cc2cc(C(=O)Nc3ccc(OCC(F)(F)F)c(C#N)c3)ccc2N1S(C)(=O)=O. The van der Waals surface area contributed by atoms with Gasteiger partial charge < -0.3 is 10.1 Å². The molecule has 0 aromatic heterocycles. The van der Waals surface area contributed by atoms with Crippen LogP contribution in [0.4, 0.5) is 24.5 Å². The van der Waals surface area contributed by atoms with Gasteiger partial charge in [0.2, 0.25) is 10.0 Å². The normalized spacial score (nSPS) is 15.9. The first kappa shape index (κ1) is 22.4. The largest absolute Gasteiger partial charge is 0.483 e. The summed E-state index contributed by atoms with van der Waals surface area (Å²) in [5.74, 6) is -0.758. The molecule has 1 unspecified atom stereocenters. The molecule has 31 heavy (non-hydrogen) atoms. The molecule has 7 nitrogen and oxygen atoms in total. The van der Waals surface area contributed by atoms with Crippen LogP contribution in [0.2, 0.25) is 0 Å². The fourth-order valence-electron chi connectivity index (χ4n) is 3.43. The summed E-state index contributed by atoms with van der Waals surface area (Å²) in [4.78, 5) is 12.6. The van der Waals surface area contributed by atoms with Crippen molar-refractivity contribution < 1.29 is 31.1 Å². The second kappa shape index (κ2) is 8.11. The van der Waals surface area contributed by atoms with Crippen LogP contribution in [0.1, 0.15) is 28.4 Å². The Labute approximate surface area is 177 Å². The van der Waals surface area contributed by atoms with Crippen LogP contribution in [-0.4, -0.2) is 39.4 Å². The van der Waals surface area contributed by atoms with Crippen LogP contribution >= 0.6 is 0 Å². The lowest BCUT2D eigenvalue weighted by Crippen LogP contribution is -2.34. The molecule has 1 heterocycles. The molecule has 0 spiro atoms. The van der Waals surface area contributed by atoms with Crippen molar-refractivity contribution in [2.75, 3.05) is 22.5 Å². The van der Waals surface area contributed by atoms with E-state index in [0.717, 1.165) is 6.26 Å². The molecule has 1 N–H and O–H groups in total. The number of nitrogens with one attached hydrogen (secondary N) is 1. The van der Waals surface area contributed by atoms with Gasteiger partial charge >= 0.3 is 6.18 Å². The summed E-state index contributed by atoms with van der Waals surface area (Å²) >= 11 is 0. The summed E-state index contributed by atoms with van der Waals surface area (Å²) in [7, 11) is -3.45. The minimum Gasteiger partial charge on any atom is -0.483 e. The minimum absolute atomic E-state index is 0.159. The third-order valence-electron chi connectivity index (χ3n) is 4.60. The number of rotatable bonds is 5. The first-order valence-electron chi connectivity index (χ1n) is 9.06. The standard InChI is InChI=1S/C20H18F3N3O4S/c1-12-7-14-8-13(3-5-17(14)26(12)31(2,28)29)19(27)25-16-4-6-18(15(9-16)10-24)30-11-20(21,22)23/h3-6,8-9,12H,7,11H2,1-2H3,(H,25,27). The van der Waals surface area contributed by atoms with Gasteiger partial charge in [0.05, 0.1) is 17.5 Å². The molecular weight excluding hydrogens is 435 g/mol. The molecule has 1 atom stereocenters. The molecule has 1 aliphatic heterocycles. The van der Waals surface area contributed by atoms with Crippen LogP contribution in [0.25, 0.3) is 0 Å². The van der Waals surface area contributed by atoms with E-state index in [1.165, 1.54) is 28.6 Å². The van der Waals surface area contributed by atoms with Crippen LogP contribution < -0.4 is 14.4 Å². The Morgan fingerprint density at radius 1 is 1.29 bits per heavy atom. The maximum Gasteiger partial charge on any atom is 0.422 e. The Hall–Kier alpha value is -3.26. The van der Waals surface area contributed by atoms with Crippen LogP contribution in [0.15, 0.2) is 36.4 Å². The molecule has 0 saturated carbocycles. The number of hydrogen-bond acceptors (Lipinski definition) is 5. The van der Waals surface area contributed by atoms with Crippen molar-refractivity contribution in [2.45, 2.75) is 25.6 Å². The van der Waals surface area contributed by atoms with Gasteiger partial charge in [0, 0.05) is 17.3 Å². The predicted molar refractivity (Wildman–Crippen MR) is 108 cm³/mol. The lowest BCUT2D eigenvalue weighted by Gasteiger charge is -2.21. The fraction of sp³-hybridized carbons (Fsp3) is 0.300. The van der Waals surface area contributed by atoms with Gasteiger partial charge in [-0.15, -0.1) is 0 Å². The van der Waals surface area contributed by atoms with E-state index in [-0.39, 0.29) is 28.6 Å². The molecule has 2 aromatic rings. The summed E-state index contributed by atoms with van der Waals surface area (Å²) in [6.45, 7) is 0.234. The molecule has 2 aromatic carbocycles. The molecule has 0 saturated heterocycles. The van der Waals surface area contributed by atoms with E-state index >= 15 is 0 Å². The number of nitriles is 1.